The van der Waals surface area contributed by atoms with Crippen LogP contribution in [0, 0.1) is 0 Å². The van der Waals surface area contributed by atoms with Gasteiger partial charge in [-0.2, -0.15) is 5.10 Å². The molecule has 0 bridgehead atoms. The van der Waals surface area contributed by atoms with Crippen molar-refractivity contribution in [1.82, 2.24) is 5.43 Å². The Labute approximate surface area is 87.8 Å². The van der Waals surface area contributed by atoms with E-state index in [1.807, 2.05) is 11.4 Å². The smallest absolute Gasteiger partial charge is 0.184 e. The summed E-state index contributed by atoms with van der Waals surface area (Å²) in [7, 11) is 0. The minimum absolute atomic E-state index is 0.166. The lowest BCUT2D eigenvalue weighted by molar-refractivity contribution is 1.04. The number of hydrogen-bond acceptors (Lipinski definition) is 3. The van der Waals surface area contributed by atoms with Crippen molar-refractivity contribution in [2.24, 2.45) is 10.8 Å². The maximum absolute atomic E-state index is 5.17. The molecule has 0 saturated carbocycles. The van der Waals surface area contributed by atoms with Crippen LogP contribution in [0.2, 0.25) is 0 Å². The van der Waals surface area contributed by atoms with Gasteiger partial charge in [0.05, 0.1) is 11.1 Å². The van der Waals surface area contributed by atoms with E-state index in [2.05, 4.69) is 38.7 Å². The zero-order valence-corrected chi connectivity index (χ0v) is 9.17. The Kier molecular flexibility index (Phi) is 3.64. The lowest BCUT2D eigenvalue weighted by Gasteiger charge is -1.92. The molecule has 0 spiro atoms. The molecule has 12 heavy (non-hydrogen) atoms. The molecule has 0 aliphatic rings. The van der Waals surface area contributed by atoms with Crippen LogP contribution in [0.3, 0.4) is 0 Å². The van der Waals surface area contributed by atoms with Gasteiger partial charge < -0.3 is 5.73 Å². The van der Waals surface area contributed by atoms with Crippen molar-refractivity contribution in [2.45, 2.75) is 0 Å². The fourth-order valence-electron chi connectivity index (χ4n) is 0.552. The number of thiocarbonyl (C=S) groups is 1. The third-order valence-electron chi connectivity index (χ3n) is 1.00. The third-order valence-corrected chi connectivity index (χ3v) is 2.90. The van der Waals surface area contributed by atoms with Gasteiger partial charge in [0.25, 0.3) is 0 Å². The molecule has 1 rings (SSSR count). The molecule has 0 radical (unpaired) electrons. The van der Waals surface area contributed by atoms with Gasteiger partial charge >= 0.3 is 0 Å². The van der Waals surface area contributed by atoms with Crippen LogP contribution < -0.4 is 11.2 Å². The number of nitrogens with one attached hydrogen (secondary N) is 1. The van der Waals surface area contributed by atoms with Gasteiger partial charge in [0.2, 0.25) is 0 Å². The summed E-state index contributed by atoms with van der Waals surface area (Å²) in [5, 5.41) is 5.94. The Bertz CT molecular complexity index is 307. The maximum atomic E-state index is 5.17. The minimum Gasteiger partial charge on any atom is -0.375 e. The Balaban J connectivity index is 2.57. The number of rotatable bonds is 2. The van der Waals surface area contributed by atoms with Crippen molar-refractivity contribution in [3.05, 3.63) is 20.8 Å². The molecule has 1 heterocycles. The average Bonchev–Trinajstić information content (AvgIpc) is 2.36. The van der Waals surface area contributed by atoms with Crippen LogP contribution in [-0.4, -0.2) is 11.3 Å². The van der Waals surface area contributed by atoms with E-state index in [9.17, 15) is 0 Å². The summed E-state index contributed by atoms with van der Waals surface area (Å²) in [6.07, 6.45) is 1.66. The van der Waals surface area contributed by atoms with Crippen LogP contribution in [0.25, 0.3) is 0 Å². The zero-order chi connectivity index (χ0) is 8.97. The van der Waals surface area contributed by atoms with Gasteiger partial charge in [-0.3, -0.25) is 5.43 Å². The number of hydrogen-bond donors (Lipinski definition) is 2. The molecule has 0 saturated heterocycles. The number of hydrazone groups is 1. The van der Waals surface area contributed by atoms with Crippen LogP contribution in [-0.2, 0) is 0 Å². The van der Waals surface area contributed by atoms with Gasteiger partial charge in [0.1, 0.15) is 0 Å². The van der Waals surface area contributed by atoms with E-state index in [-0.39, 0.29) is 5.11 Å². The van der Waals surface area contributed by atoms with Crippen molar-refractivity contribution < 1.29 is 0 Å². The average molecular weight is 264 g/mol. The second-order valence-electron chi connectivity index (χ2n) is 1.87. The lowest BCUT2D eigenvalue weighted by atomic mass is 10.5. The molecule has 0 aliphatic heterocycles. The van der Waals surface area contributed by atoms with Gasteiger partial charge in [0, 0.05) is 4.47 Å². The van der Waals surface area contributed by atoms with Gasteiger partial charge in [-0.15, -0.1) is 11.3 Å². The summed E-state index contributed by atoms with van der Waals surface area (Å²) < 4.78 is 1.01. The van der Waals surface area contributed by atoms with Gasteiger partial charge in [-0.1, -0.05) is 0 Å². The molecule has 0 unspecified atom stereocenters. The molecule has 0 aromatic carbocycles. The summed E-state index contributed by atoms with van der Waals surface area (Å²) >= 11 is 9.51. The predicted octanol–water partition coefficient (Wildman–Crippen LogP) is 1.68. The van der Waals surface area contributed by atoms with E-state index in [4.69, 9.17) is 5.73 Å². The number of nitrogens with zero attached hydrogens (tertiary/aromatic N) is 1. The largest absolute Gasteiger partial charge is 0.375 e. The fourth-order valence-corrected chi connectivity index (χ4v) is 1.94. The van der Waals surface area contributed by atoms with E-state index in [1.54, 1.807) is 17.6 Å². The van der Waals surface area contributed by atoms with Crippen molar-refractivity contribution in [2.75, 3.05) is 0 Å². The second kappa shape index (κ2) is 4.54. The summed E-state index contributed by atoms with van der Waals surface area (Å²) in [5.74, 6) is 0. The first kappa shape index (κ1) is 9.63. The molecule has 0 atom stereocenters. The van der Waals surface area contributed by atoms with Crippen molar-refractivity contribution in [3.63, 3.8) is 0 Å². The topological polar surface area (TPSA) is 50.4 Å². The second-order valence-corrected chi connectivity index (χ2v) is 4.11. The highest BCUT2D eigenvalue weighted by molar-refractivity contribution is 9.10. The van der Waals surface area contributed by atoms with Crippen molar-refractivity contribution in [3.8, 4) is 0 Å². The molecule has 1 aromatic heterocycles. The predicted molar refractivity (Wildman–Crippen MR) is 59.5 cm³/mol. The zero-order valence-electron chi connectivity index (χ0n) is 5.95. The molecule has 6 heteroatoms. The van der Waals surface area contributed by atoms with Crippen molar-refractivity contribution >= 4 is 50.8 Å². The normalized spacial score (nSPS) is 10.4. The highest BCUT2D eigenvalue weighted by atomic mass is 79.9. The Morgan fingerprint density at radius 2 is 2.58 bits per heavy atom. The third kappa shape index (κ3) is 2.88. The highest BCUT2D eigenvalue weighted by Crippen LogP contribution is 2.19. The molecule has 3 N–H and O–H groups in total. The Hall–Kier alpha value is -0.460. The Morgan fingerprint density at radius 3 is 3.08 bits per heavy atom. The molecule has 0 amide bonds. The first-order chi connectivity index (χ1) is 5.70. The summed E-state index contributed by atoms with van der Waals surface area (Å²) in [4.78, 5) is 1.03. The molecule has 64 valence electrons. The lowest BCUT2D eigenvalue weighted by Crippen LogP contribution is -2.23. The summed E-state index contributed by atoms with van der Waals surface area (Å²) in [6, 6.07) is 1.95. The highest BCUT2D eigenvalue weighted by Gasteiger charge is 1.95. The van der Waals surface area contributed by atoms with E-state index >= 15 is 0 Å². The summed E-state index contributed by atoms with van der Waals surface area (Å²) in [6.45, 7) is 0. The van der Waals surface area contributed by atoms with E-state index in [0.717, 1.165) is 9.35 Å². The monoisotopic (exact) mass is 263 g/mol. The Morgan fingerprint density at radius 1 is 1.83 bits per heavy atom. The number of thiophene rings is 1. The minimum atomic E-state index is 0.166. The van der Waals surface area contributed by atoms with Crippen LogP contribution in [0.5, 0.6) is 0 Å². The number of nitrogens with two attached hydrogens (primary N) is 1. The maximum Gasteiger partial charge on any atom is 0.184 e. The van der Waals surface area contributed by atoms with Crippen LogP contribution in [0.4, 0.5) is 0 Å². The molecule has 1 aromatic rings. The van der Waals surface area contributed by atoms with Crippen LogP contribution in [0.15, 0.2) is 21.0 Å². The first-order valence-corrected chi connectivity index (χ1v) is 5.09. The van der Waals surface area contributed by atoms with Crippen molar-refractivity contribution in [1.29, 1.82) is 0 Å². The van der Waals surface area contributed by atoms with Gasteiger partial charge in [-0.05, 0) is 39.6 Å². The quantitative estimate of drug-likeness (QED) is 0.485. The van der Waals surface area contributed by atoms with Gasteiger partial charge in [-0.25, -0.2) is 0 Å². The van der Waals surface area contributed by atoms with E-state index in [1.165, 1.54) is 0 Å². The van der Waals surface area contributed by atoms with Crippen LogP contribution in [0.1, 0.15) is 4.88 Å². The van der Waals surface area contributed by atoms with E-state index in [0.29, 0.717) is 0 Å². The SMILES string of the molecule is NC(=S)N/N=C/c1sccc1Br. The molecule has 0 aliphatic carbocycles. The number of halogens is 1. The molecular formula is C6H6BrN3S2. The summed E-state index contributed by atoms with van der Waals surface area (Å²) in [5.41, 5.74) is 7.64. The fraction of sp³-hybridized carbons (Fsp3) is 0. The van der Waals surface area contributed by atoms with Crippen LogP contribution >= 0.6 is 39.5 Å². The van der Waals surface area contributed by atoms with E-state index < -0.39 is 0 Å². The standard InChI is InChI=1S/C6H6BrN3S2/c7-4-1-2-12-5(4)3-9-10-6(8)11/h1-3H,(H3,8,10,11)/b9-3+. The molecule has 0 fully saturated rings. The molecule has 3 nitrogen and oxygen atoms in total. The first-order valence-electron chi connectivity index (χ1n) is 3.01. The van der Waals surface area contributed by atoms with Gasteiger partial charge in [0.15, 0.2) is 5.11 Å². The molecular weight excluding hydrogens is 258 g/mol.